The number of amides is 1. The Morgan fingerprint density at radius 1 is 1.08 bits per heavy atom. The van der Waals surface area contributed by atoms with Crippen LogP contribution in [0.25, 0.3) is 16.7 Å². The zero-order valence-corrected chi connectivity index (χ0v) is 14.0. The number of nitro groups is 1. The molecule has 0 radical (unpaired) electrons. The minimum atomic E-state index is -0.467. The maximum Gasteiger partial charge on any atom is 0.271 e. The summed E-state index contributed by atoms with van der Waals surface area (Å²) < 4.78 is 0. The molecule has 0 bridgehead atoms. The molecule has 0 aliphatic carbocycles. The molecule has 2 heterocycles. The van der Waals surface area contributed by atoms with Gasteiger partial charge in [0.05, 0.1) is 15.5 Å². The van der Waals surface area contributed by atoms with Crippen LogP contribution in [-0.2, 0) is 0 Å². The summed E-state index contributed by atoms with van der Waals surface area (Å²) in [6.45, 7) is 0. The van der Waals surface area contributed by atoms with Crippen molar-refractivity contribution in [3.63, 3.8) is 0 Å². The van der Waals surface area contributed by atoms with E-state index in [-0.39, 0.29) is 11.6 Å². The molecule has 2 aromatic heterocycles. The predicted molar refractivity (Wildman–Crippen MR) is 97.8 cm³/mol. The van der Waals surface area contributed by atoms with Crippen molar-refractivity contribution in [3.8, 4) is 5.69 Å². The van der Waals surface area contributed by atoms with E-state index in [0.717, 1.165) is 0 Å². The molecule has 1 amide bonds. The van der Waals surface area contributed by atoms with Gasteiger partial charge in [-0.1, -0.05) is 12.1 Å². The summed E-state index contributed by atoms with van der Waals surface area (Å²) >= 11 is 1.36. The van der Waals surface area contributed by atoms with Gasteiger partial charge in [-0.3, -0.25) is 14.9 Å². The van der Waals surface area contributed by atoms with E-state index in [2.05, 4.69) is 15.5 Å². The van der Waals surface area contributed by atoms with Gasteiger partial charge >= 0.3 is 0 Å². The molecule has 8 nitrogen and oxygen atoms in total. The van der Waals surface area contributed by atoms with E-state index in [1.807, 2.05) is 11.4 Å². The van der Waals surface area contributed by atoms with Crippen LogP contribution < -0.4 is 5.32 Å². The number of nitrogens with one attached hydrogen (secondary N) is 1. The first-order valence-electron chi connectivity index (χ1n) is 7.57. The first kappa shape index (κ1) is 15.9. The molecular weight excluding hydrogens is 354 g/mol. The van der Waals surface area contributed by atoms with E-state index in [9.17, 15) is 14.9 Å². The number of anilines is 1. The standard InChI is InChI=1S/C17H11N5O3S/c23-17(16-5-2-8-26-16)18-11-6-7-14-15(9-11)20-21(19-14)12-3-1-4-13(10-12)22(24)25/h1-10H,(H,18,23). The van der Waals surface area contributed by atoms with E-state index in [1.165, 1.54) is 28.3 Å². The van der Waals surface area contributed by atoms with Gasteiger partial charge in [0.1, 0.15) is 11.0 Å². The minimum Gasteiger partial charge on any atom is -0.321 e. The SMILES string of the molecule is O=C(Nc1ccc2nn(-c3cccc([N+](=O)[O-])c3)nc2c1)c1cccs1. The molecule has 4 aromatic rings. The summed E-state index contributed by atoms with van der Waals surface area (Å²) in [6.07, 6.45) is 0. The Morgan fingerprint density at radius 3 is 2.69 bits per heavy atom. The number of rotatable bonds is 4. The molecule has 9 heteroatoms. The highest BCUT2D eigenvalue weighted by molar-refractivity contribution is 7.12. The number of nitrogens with zero attached hydrogens (tertiary/aromatic N) is 4. The van der Waals surface area contributed by atoms with Gasteiger partial charge in [-0.25, -0.2) is 0 Å². The monoisotopic (exact) mass is 365 g/mol. The fourth-order valence-electron chi connectivity index (χ4n) is 2.44. The highest BCUT2D eigenvalue weighted by Crippen LogP contribution is 2.20. The van der Waals surface area contributed by atoms with Crippen LogP contribution in [0.1, 0.15) is 9.67 Å². The maximum atomic E-state index is 12.1. The number of thiophene rings is 1. The van der Waals surface area contributed by atoms with Crippen molar-refractivity contribution in [1.82, 2.24) is 15.0 Å². The number of carbonyl (C=O) groups excluding carboxylic acids is 1. The molecule has 26 heavy (non-hydrogen) atoms. The van der Waals surface area contributed by atoms with Gasteiger partial charge in [0.15, 0.2) is 0 Å². The van der Waals surface area contributed by atoms with E-state index in [1.54, 1.807) is 36.4 Å². The molecule has 0 aliphatic rings. The van der Waals surface area contributed by atoms with Crippen LogP contribution in [0.15, 0.2) is 60.0 Å². The molecule has 0 spiro atoms. The number of hydrogen-bond acceptors (Lipinski definition) is 6. The van der Waals surface area contributed by atoms with Gasteiger partial charge in [0.2, 0.25) is 0 Å². The maximum absolute atomic E-state index is 12.1. The zero-order chi connectivity index (χ0) is 18.1. The number of benzene rings is 2. The molecule has 0 saturated heterocycles. The molecule has 0 saturated carbocycles. The van der Waals surface area contributed by atoms with Crippen molar-refractivity contribution in [3.05, 3.63) is 75.0 Å². The second kappa shape index (κ2) is 6.37. The van der Waals surface area contributed by atoms with Gasteiger partial charge in [-0.05, 0) is 35.7 Å². The lowest BCUT2D eigenvalue weighted by Crippen LogP contribution is -2.09. The second-order valence-corrected chi connectivity index (χ2v) is 6.35. The topological polar surface area (TPSA) is 103 Å². The molecule has 1 N–H and O–H groups in total. The lowest BCUT2D eigenvalue weighted by Gasteiger charge is -2.02. The molecule has 2 aromatic carbocycles. The van der Waals surface area contributed by atoms with Crippen molar-refractivity contribution >= 4 is 39.7 Å². The zero-order valence-electron chi connectivity index (χ0n) is 13.2. The number of fused-ring (bicyclic) bond motifs is 1. The smallest absolute Gasteiger partial charge is 0.271 e. The fourth-order valence-corrected chi connectivity index (χ4v) is 3.06. The average Bonchev–Trinajstić information content (AvgIpc) is 3.31. The Labute approximate surface area is 150 Å². The number of nitro benzene ring substituents is 1. The van der Waals surface area contributed by atoms with Crippen LogP contribution in [-0.4, -0.2) is 25.8 Å². The van der Waals surface area contributed by atoms with Gasteiger partial charge in [0.25, 0.3) is 11.6 Å². The molecule has 128 valence electrons. The van der Waals surface area contributed by atoms with Crippen molar-refractivity contribution in [1.29, 1.82) is 0 Å². The van der Waals surface area contributed by atoms with Gasteiger partial charge in [-0.15, -0.1) is 21.5 Å². The average molecular weight is 365 g/mol. The van der Waals surface area contributed by atoms with E-state index >= 15 is 0 Å². The van der Waals surface area contributed by atoms with Crippen molar-refractivity contribution < 1.29 is 9.72 Å². The highest BCUT2D eigenvalue weighted by Gasteiger charge is 2.11. The van der Waals surface area contributed by atoms with Crippen LogP contribution in [0.2, 0.25) is 0 Å². The minimum absolute atomic E-state index is 0.0345. The molecule has 0 fully saturated rings. The first-order chi connectivity index (χ1) is 12.6. The number of hydrogen-bond donors (Lipinski definition) is 1. The Hall–Kier alpha value is -3.59. The summed E-state index contributed by atoms with van der Waals surface area (Å²) in [7, 11) is 0. The summed E-state index contributed by atoms with van der Waals surface area (Å²) in [6, 6.07) is 14.8. The number of aromatic nitrogens is 3. The van der Waals surface area contributed by atoms with E-state index in [4.69, 9.17) is 0 Å². The summed E-state index contributed by atoms with van der Waals surface area (Å²) in [5.41, 5.74) is 2.24. The van der Waals surface area contributed by atoms with Gasteiger partial charge in [-0.2, -0.15) is 4.80 Å². The first-order valence-corrected chi connectivity index (χ1v) is 8.45. The van der Waals surface area contributed by atoms with Gasteiger partial charge < -0.3 is 5.32 Å². The van der Waals surface area contributed by atoms with Crippen molar-refractivity contribution in [2.24, 2.45) is 0 Å². The number of non-ortho nitro benzene ring substituents is 1. The second-order valence-electron chi connectivity index (χ2n) is 5.40. The highest BCUT2D eigenvalue weighted by atomic mass is 32.1. The third-order valence-corrected chi connectivity index (χ3v) is 4.52. The third kappa shape index (κ3) is 3.03. The Morgan fingerprint density at radius 2 is 1.92 bits per heavy atom. The van der Waals surface area contributed by atoms with Crippen LogP contribution in [0, 0.1) is 10.1 Å². The van der Waals surface area contributed by atoms with Gasteiger partial charge in [0, 0.05) is 17.8 Å². The summed E-state index contributed by atoms with van der Waals surface area (Å²) in [5, 5.41) is 24.2. The summed E-state index contributed by atoms with van der Waals surface area (Å²) in [5.74, 6) is -0.189. The lowest BCUT2D eigenvalue weighted by molar-refractivity contribution is -0.384. The normalized spacial score (nSPS) is 10.8. The Balaban J connectivity index is 1.65. The largest absolute Gasteiger partial charge is 0.321 e. The molecule has 0 unspecified atom stereocenters. The van der Waals surface area contributed by atoms with E-state index < -0.39 is 4.92 Å². The molecule has 0 aliphatic heterocycles. The fraction of sp³-hybridized carbons (Fsp3) is 0. The van der Waals surface area contributed by atoms with E-state index in [0.29, 0.717) is 27.3 Å². The van der Waals surface area contributed by atoms with Crippen LogP contribution >= 0.6 is 11.3 Å². The third-order valence-electron chi connectivity index (χ3n) is 3.65. The molecule has 4 rings (SSSR count). The quantitative estimate of drug-likeness (QED) is 0.439. The molecular formula is C17H11N5O3S. The number of carbonyl (C=O) groups is 1. The van der Waals surface area contributed by atoms with Crippen molar-refractivity contribution in [2.75, 3.05) is 5.32 Å². The van der Waals surface area contributed by atoms with Crippen molar-refractivity contribution in [2.45, 2.75) is 0 Å². The summed E-state index contributed by atoms with van der Waals surface area (Å²) in [4.78, 5) is 24.5. The Kier molecular flexibility index (Phi) is 3.90. The van der Waals surface area contributed by atoms with Crippen LogP contribution in [0.4, 0.5) is 11.4 Å². The van der Waals surface area contributed by atoms with Crippen LogP contribution in [0.5, 0.6) is 0 Å². The van der Waals surface area contributed by atoms with Crippen LogP contribution in [0.3, 0.4) is 0 Å². The Bertz CT molecular complexity index is 1120. The predicted octanol–water partition coefficient (Wildman–Crippen LogP) is 3.64. The molecule has 0 atom stereocenters. The lowest BCUT2D eigenvalue weighted by atomic mass is 10.2.